The fourth-order valence-corrected chi connectivity index (χ4v) is 4.61. The Morgan fingerprint density at radius 3 is 2.58 bits per heavy atom. The van der Waals surface area contributed by atoms with E-state index in [1.807, 2.05) is 18.4 Å². The summed E-state index contributed by atoms with van der Waals surface area (Å²) >= 11 is 1.37. The van der Waals surface area contributed by atoms with Crippen molar-refractivity contribution in [2.75, 3.05) is 24.8 Å². The van der Waals surface area contributed by atoms with Gasteiger partial charge >= 0.3 is 0 Å². The van der Waals surface area contributed by atoms with Crippen LogP contribution < -0.4 is 15.0 Å². The molecule has 0 aromatic heterocycles. The monoisotopic (exact) mass is 463 g/mol. The first kappa shape index (κ1) is 22.7. The molecule has 33 heavy (non-hydrogen) atoms. The van der Waals surface area contributed by atoms with Gasteiger partial charge < -0.3 is 15.0 Å². The summed E-state index contributed by atoms with van der Waals surface area (Å²) in [6.45, 7) is 2.12. The summed E-state index contributed by atoms with van der Waals surface area (Å²) in [5.41, 5.74) is 4.54. The minimum absolute atomic E-state index is 0.0227. The molecule has 1 aliphatic rings. The molecule has 0 bridgehead atoms. The van der Waals surface area contributed by atoms with Crippen LogP contribution in [0.2, 0.25) is 0 Å². The number of thioether (sulfide) groups is 1. The van der Waals surface area contributed by atoms with Crippen molar-refractivity contribution in [3.8, 4) is 5.75 Å². The van der Waals surface area contributed by atoms with E-state index in [4.69, 9.17) is 4.74 Å². The summed E-state index contributed by atoms with van der Waals surface area (Å²) in [7, 11) is 1.45. The second-order valence-corrected chi connectivity index (χ2v) is 8.63. The minimum Gasteiger partial charge on any atom is -0.495 e. The van der Waals surface area contributed by atoms with E-state index in [-0.39, 0.29) is 17.8 Å². The Labute approximate surface area is 196 Å². The van der Waals surface area contributed by atoms with Crippen molar-refractivity contribution >= 4 is 29.0 Å². The second kappa shape index (κ2) is 9.95. The molecule has 0 radical (unpaired) electrons. The van der Waals surface area contributed by atoms with E-state index < -0.39 is 10.8 Å². The van der Waals surface area contributed by atoms with Gasteiger partial charge in [-0.25, -0.2) is 0 Å². The van der Waals surface area contributed by atoms with E-state index in [1.54, 1.807) is 0 Å². The number of amides is 1. The van der Waals surface area contributed by atoms with Crippen molar-refractivity contribution < 1.29 is 14.5 Å². The number of anilines is 1. The van der Waals surface area contributed by atoms with Gasteiger partial charge in [-0.3, -0.25) is 14.9 Å². The lowest BCUT2D eigenvalue weighted by atomic mass is 10.1. The first-order valence-corrected chi connectivity index (χ1v) is 11.8. The number of methoxy groups -OCH3 is 1. The molecule has 8 heteroatoms. The average molecular weight is 464 g/mol. The van der Waals surface area contributed by atoms with E-state index in [1.165, 1.54) is 47.8 Å². The Morgan fingerprint density at radius 1 is 1.15 bits per heavy atom. The third kappa shape index (κ3) is 4.96. The van der Waals surface area contributed by atoms with E-state index in [0.29, 0.717) is 10.6 Å². The van der Waals surface area contributed by atoms with Crippen molar-refractivity contribution in [3.63, 3.8) is 0 Å². The van der Waals surface area contributed by atoms with Gasteiger partial charge in [-0.05, 0) is 41.5 Å². The van der Waals surface area contributed by atoms with Crippen LogP contribution in [0.15, 0.2) is 65.6 Å². The Morgan fingerprint density at radius 2 is 1.88 bits per heavy atom. The summed E-state index contributed by atoms with van der Waals surface area (Å²) in [6, 6.07) is 19.4. The highest BCUT2D eigenvalue weighted by Crippen LogP contribution is 2.34. The lowest BCUT2D eigenvalue weighted by Gasteiger charge is -2.19. The Balaban J connectivity index is 1.42. The van der Waals surface area contributed by atoms with Crippen LogP contribution >= 0.6 is 11.8 Å². The maximum Gasteiger partial charge on any atom is 0.285 e. The number of hydrogen-bond donors (Lipinski definition) is 1. The Kier molecular flexibility index (Phi) is 6.84. The SMILES string of the molecule is COc1cc([N+](=O)[O-])c(C(=O)NCc2ccc(CN3CCc4ccccc43)cc2)cc1SC. The number of nitrogens with zero attached hydrogens (tertiary/aromatic N) is 2. The summed E-state index contributed by atoms with van der Waals surface area (Å²) in [6.07, 6.45) is 2.89. The summed E-state index contributed by atoms with van der Waals surface area (Å²) in [5, 5.41) is 14.3. The lowest BCUT2D eigenvalue weighted by Crippen LogP contribution is -2.24. The fourth-order valence-electron chi connectivity index (χ4n) is 4.03. The quantitative estimate of drug-likeness (QED) is 0.293. The molecule has 1 N–H and O–H groups in total. The molecule has 3 aromatic rings. The maximum atomic E-state index is 12.8. The molecule has 0 spiro atoms. The molecule has 3 aromatic carbocycles. The number of nitro benzene ring substituents is 1. The molecule has 170 valence electrons. The lowest BCUT2D eigenvalue weighted by molar-refractivity contribution is -0.385. The summed E-state index contributed by atoms with van der Waals surface area (Å²) in [4.78, 5) is 26.7. The number of ether oxygens (including phenoxy) is 1. The van der Waals surface area contributed by atoms with Gasteiger partial charge in [0.15, 0.2) is 0 Å². The molecule has 1 heterocycles. The molecule has 0 unspecified atom stereocenters. The standard InChI is InChI=1S/C25H25N3O4S/c1-32-23-14-22(28(30)31)20(13-24(23)33-2)25(29)26-15-17-7-9-18(10-8-17)16-27-12-11-19-5-3-4-6-21(19)27/h3-10,13-14H,11-12,15-16H2,1-2H3,(H,26,29). The zero-order valence-electron chi connectivity index (χ0n) is 18.5. The van der Waals surface area contributed by atoms with Crippen molar-refractivity contribution in [1.82, 2.24) is 5.32 Å². The number of carbonyl (C=O) groups is 1. The van der Waals surface area contributed by atoms with Gasteiger partial charge in [0.1, 0.15) is 11.3 Å². The zero-order valence-corrected chi connectivity index (χ0v) is 19.4. The summed E-state index contributed by atoms with van der Waals surface area (Å²) < 4.78 is 5.21. The molecular weight excluding hydrogens is 438 g/mol. The van der Waals surface area contributed by atoms with Crippen LogP contribution in [0.3, 0.4) is 0 Å². The van der Waals surface area contributed by atoms with Crippen LogP contribution in [-0.2, 0) is 19.5 Å². The van der Waals surface area contributed by atoms with Crippen LogP contribution in [0.1, 0.15) is 27.0 Å². The minimum atomic E-state index is -0.563. The third-order valence-electron chi connectivity index (χ3n) is 5.78. The molecule has 0 atom stereocenters. The van der Waals surface area contributed by atoms with Crippen LogP contribution in [0.5, 0.6) is 5.75 Å². The summed E-state index contributed by atoms with van der Waals surface area (Å²) in [5.74, 6) is -0.112. The number of nitro groups is 1. The number of rotatable bonds is 8. The van der Waals surface area contributed by atoms with Crippen molar-refractivity contribution in [1.29, 1.82) is 0 Å². The highest BCUT2D eigenvalue weighted by Gasteiger charge is 2.24. The Bertz CT molecular complexity index is 1180. The predicted molar refractivity (Wildman–Crippen MR) is 130 cm³/mol. The number of nitrogens with one attached hydrogen (secondary N) is 1. The highest BCUT2D eigenvalue weighted by molar-refractivity contribution is 7.98. The third-order valence-corrected chi connectivity index (χ3v) is 6.53. The van der Waals surface area contributed by atoms with E-state index >= 15 is 0 Å². The molecular formula is C25H25N3O4S. The number of benzene rings is 3. The van der Waals surface area contributed by atoms with Gasteiger partial charge in [0.05, 0.1) is 23.0 Å². The molecule has 0 aliphatic carbocycles. The molecule has 0 saturated heterocycles. The largest absolute Gasteiger partial charge is 0.495 e. The molecule has 1 aliphatic heterocycles. The van der Waals surface area contributed by atoms with Gasteiger partial charge in [-0.1, -0.05) is 42.5 Å². The van der Waals surface area contributed by atoms with E-state index in [0.717, 1.165) is 25.1 Å². The van der Waals surface area contributed by atoms with E-state index in [9.17, 15) is 14.9 Å². The highest BCUT2D eigenvalue weighted by atomic mass is 32.2. The fraction of sp³-hybridized carbons (Fsp3) is 0.240. The Hall–Kier alpha value is -3.52. The smallest absolute Gasteiger partial charge is 0.285 e. The van der Waals surface area contributed by atoms with Crippen LogP contribution in [0.25, 0.3) is 0 Å². The number of para-hydroxylation sites is 1. The van der Waals surface area contributed by atoms with Crippen LogP contribution in [0, 0.1) is 10.1 Å². The van der Waals surface area contributed by atoms with E-state index in [2.05, 4.69) is 46.6 Å². The van der Waals surface area contributed by atoms with Gasteiger partial charge in [-0.15, -0.1) is 11.8 Å². The second-order valence-electron chi connectivity index (χ2n) is 7.78. The number of fused-ring (bicyclic) bond motifs is 1. The average Bonchev–Trinajstić information content (AvgIpc) is 3.25. The maximum absolute atomic E-state index is 12.8. The normalized spacial score (nSPS) is 12.4. The molecule has 7 nitrogen and oxygen atoms in total. The van der Waals surface area contributed by atoms with Crippen LogP contribution in [0.4, 0.5) is 11.4 Å². The van der Waals surface area contributed by atoms with Crippen LogP contribution in [-0.4, -0.2) is 30.7 Å². The predicted octanol–water partition coefficient (Wildman–Crippen LogP) is 4.82. The van der Waals surface area contributed by atoms with Crippen molar-refractivity contribution in [3.05, 3.63) is 93.0 Å². The zero-order chi connectivity index (χ0) is 23.4. The van der Waals surface area contributed by atoms with Crippen molar-refractivity contribution in [2.24, 2.45) is 0 Å². The topological polar surface area (TPSA) is 84.7 Å². The first-order valence-electron chi connectivity index (χ1n) is 10.6. The van der Waals surface area contributed by atoms with Gasteiger partial charge in [0, 0.05) is 25.3 Å². The molecule has 4 rings (SSSR count). The van der Waals surface area contributed by atoms with Gasteiger partial charge in [-0.2, -0.15) is 0 Å². The molecule has 0 fully saturated rings. The molecule has 1 amide bonds. The van der Waals surface area contributed by atoms with Crippen molar-refractivity contribution in [2.45, 2.75) is 24.4 Å². The number of carbonyl (C=O) groups excluding carboxylic acids is 1. The van der Waals surface area contributed by atoms with Gasteiger partial charge in [0.2, 0.25) is 0 Å². The molecule has 0 saturated carbocycles. The van der Waals surface area contributed by atoms with Gasteiger partial charge in [0.25, 0.3) is 11.6 Å². The first-order chi connectivity index (χ1) is 16.0. The number of hydrogen-bond acceptors (Lipinski definition) is 6.